The van der Waals surface area contributed by atoms with Gasteiger partial charge >= 0.3 is 0 Å². The Kier molecular flexibility index (Phi) is 5.47. The second-order valence-corrected chi connectivity index (χ2v) is 11.2. The van der Waals surface area contributed by atoms with Crippen molar-refractivity contribution in [2.24, 2.45) is 11.8 Å². The van der Waals surface area contributed by atoms with Crippen LogP contribution in [-0.4, -0.2) is 50.6 Å². The second-order valence-electron chi connectivity index (χ2n) is 8.46. The number of ether oxygens (including phenoxy) is 2. The standard InChI is InChI=1S/C21H27N3O4S2/c1-14-22-17(13-29-14)12-24-10-15-3-4-16(11-24)21(15)23-30(25,26)18-5-6-19-20(9-18)28-8-2-7-27-19/h5-6,9,13,15-16,21,23H,2-4,7-8,10-12H2,1H3/t15-,16+,21?. The molecule has 0 amide bonds. The zero-order chi connectivity index (χ0) is 20.7. The molecule has 1 aliphatic carbocycles. The SMILES string of the molecule is Cc1nc(CN2C[C@H]3CC[C@@H](C2)C3NS(=O)(=O)c2ccc3c(c2)OCCCO3)cs1. The van der Waals surface area contributed by atoms with Gasteiger partial charge in [-0.05, 0) is 43.7 Å². The van der Waals surface area contributed by atoms with E-state index in [1.54, 1.807) is 29.5 Å². The summed E-state index contributed by atoms with van der Waals surface area (Å²) in [6.07, 6.45) is 2.91. The van der Waals surface area contributed by atoms with Crippen LogP contribution in [0.5, 0.6) is 11.5 Å². The highest BCUT2D eigenvalue weighted by Gasteiger charge is 2.44. The van der Waals surface area contributed by atoms with E-state index in [1.165, 1.54) is 0 Å². The minimum atomic E-state index is -3.62. The van der Waals surface area contributed by atoms with Crippen molar-refractivity contribution < 1.29 is 17.9 Å². The molecule has 7 nitrogen and oxygen atoms in total. The van der Waals surface area contributed by atoms with E-state index in [4.69, 9.17) is 9.47 Å². The zero-order valence-corrected chi connectivity index (χ0v) is 18.7. The Balaban J connectivity index is 1.28. The highest BCUT2D eigenvalue weighted by molar-refractivity contribution is 7.89. The molecule has 162 valence electrons. The maximum atomic E-state index is 13.1. The predicted molar refractivity (Wildman–Crippen MR) is 115 cm³/mol. The van der Waals surface area contributed by atoms with Crippen LogP contribution in [0.2, 0.25) is 0 Å². The molecule has 1 aromatic carbocycles. The number of sulfonamides is 1. The summed E-state index contributed by atoms with van der Waals surface area (Å²) in [5.41, 5.74) is 1.11. The van der Waals surface area contributed by atoms with E-state index in [1.807, 2.05) is 6.92 Å². The summed E-state index contributed by atoms with van der Waals surface area (Å²) >= 11 is 1.68. The Morgan fingerprint density at radius 3 is 2.60 bits per heavy atom. The number of nitrogens with zero attached hydrogens (tertiary/aromatic N) is 2. The number of aromatic nitrogens is 1. The summed E-state index contributed by atoms with van der Waals surface area (Å²) in [6, 6.07) is 4.88. The Bertz CT molecular complexity index is 1010. The van der Waals surface area contributed by atoms with Crippen LogP contribution in [0.15, 0.2) is 28.5 Å². The van der Waals surface area contributed by atoms with E-state index in [2.05, 4.69) is 20.0 Å². The first-order valence-electron chi connectivity index (χ1n) is 10.5. The topological polar surface area (TPSA) is 80.8 Å². The Hall–Kier alpha value is -1.68. The van der Waals surface area contributed by atoms with E-state index in [0.717, 1.165) is 49.6 Å². The minimum absolute atomic E-state index is 0.0144. The van der Waals surface area contributed by atoms with Gasteiger partial charge in [-0.25, -0.2) is 18.1 Å². The predicted octanol–water partition coefficient (Wildman–Crippen LogP) is 2.80. The van der Waals surface area contributed by atoms with Crippen molar-refractivity contribution in [1.29, 1.82) is 0 Å². The van der Waals surface area contributed by atoms with E-state index in [0.29, 0.717) is 36.5 Å². The molecule has 2 fully saturated rings. The van der Waals surface area contributed by atoms with Crippen LogP contribution in [0, 0.1) is 18.8 Å². The summed E-state index contributed by atoms with van der Waals surface area (Å²) in [5.74, 6) is 1.78. The Morgan fingerprint density at radius 1 is 1.17 bits per heavy atom. The van der Waals surface area contributed by atoms with Gasteiger partial charge in [-0.2, -0.15) is 0 Å². The maximum absolute atomic E-state index is 13.1. The van der Waals surface area contributed by atoms with Crippen LogP contribution < -0.4 is 14.2 Å². The van der Waals surface area contributed by atoms with Crippen molar-refractivity contribution in [3.8, 4) is 11.5 Å². The van der Waals surface area contributed by atoms with Crippen molar-refractivity contribution in [2.75, 3.05) is 26.3 Å². The van der Waals surface area contributed by atoms with Gasteiger partial charge in [-0.1, -0.05) is 0 Å². The molecule has 9 heteroatoms. The molecule has 1 saturated carbocycles. The quantitative estimate of drug-likeness (QED) is 0.756. The van der Waals surface area contributed by atoms with Gasteiger partial charge in [0, 0.05) is 43.5 Å². The fraction of sp³-hybridized carbons (Fsp3) is 0.571. The summed E-state index contributed by atoms with van der Waals surface area (Å²) in [7, 11) is -3.62. The highest BCUT2D eigenvalue weighted by Crippen LogP contribution is 2.39. The van der Waals surface area contributed by atoms with Gasteiger partial charge in [-0.3, -0.25) is 4.90 Å². The first kappa shape index (κ1) is 20.2. The molecule has 2 aromatic rings. The van der Waals surface area contributed by atoms with Crippen LogP contribution in [0.1, 0.15) is 30.0 Å². The van der Waals surface area contributed by atoms with Crippen molar-refractivity contribution in [3.63, 3.8) is 0 Å². The Labute approximate surface area is 181 Å². The van der Waals surface area contributed by atoms with Crippen LogP contribution in [0.4, 0.5) is 0 Å². The van der Waals surface area contributed by atoms with Crippen LogP contribution in [0.25, 0.3) is 0 Å². The molecule has 30 heavy (non-hydrogen) atoms. The molecule has 1 aromatic heterocycles. The number of piperidine rings is 1. The number of hydrogen-bond acceptors (Lipinski definition) is 7. The van der Waals surface area contributed by atoms with Gasteiger partial charge in [0.25, 0.3) is 0 Å². The number of rotatable bonds is 5. The van der Waals surface area contributed by atoms with E-state index in [-0.39, 0.29) is 10.9 Å². The van der Waals surface area contributed by atoms with Gasteiger partial charge in [0.1, 0.15) is 0 Å². The molecule has 0 radical (unpaired) electrons. The second kappa shape index (κ2) is 8.11. The number of aryl methyl sites for hydroxylation is 1. The molecule has 1 unspecified atom stereocenters. The summed E-state index contributed by atoms with van der Waals surface area (Å²) < 4.78 is 40.6. The molecular weight excluding hydrogens is 422 g/mol. The number of likely N-dealkylation sites (tertiary alicyclic amines) is 1. The molecule has 2 aliphatic heterocycles. The molecule has 1 N–H and O–H groups in total. The summed E-state index contributed by atoms with van der Waals surface area (Å²) in [5, 5.41) is 3.21. The van der Waals surface area contributed by atoms with Gasteiger partial charge in [0.15, 0.2) is 11.5 Å². The molecular formula is C21H27N3O4S2. The number of fused-ring (bicyclic) bond motifs is 3. The lowest BCUT2D eigenvalue weighted by Crippen LogP contribution is -2.52. The first-order chi connectivity index (χ1) is 14.5. The third-order valence-corrected chi connectivity index (χ3v) is 8.56. The Morgan fingerprint density at radius 2 is 1.90 bits per heavy atom. The lowest BCUT2D eigenvalue weighted by Gasteiger charge is -2.37. The molecule has 3 atom stereocenters. The maximum Gasteiger partial charge on any atom is 0.240 e. The van der Waals surface area contributed by atoms with Crippen molar-refractivity contribution >= 4 is 21.4 Å². The normalized spacial score (nSPS) is 26.5. The number of nitrogens with one attached hydrogen (secondary N) is 1. The van der Waals surface area contributed by atoms with Crippen LogP contribution in [0.3, 0.4) is 0 Å². The fourth-order valence-corrected chi connectivity index (χ4v) is 6.90. The van der Waals surface area contributed by atoms with Gasteiger partial charge in [-0.15, -0.1) is 11.3 Å². The average Bonchev–Trinajstić information content (AvgIpc) is 3.10. The summed E-state index contributed by atoms with van der Waals surface area (Å²) in [6.45, 7) is 5.80. The molecule has 5 rings (SSSR count). The number of hydrogen-bond donors (Lipinski definition) is 1. The van der Waals surface area contributed by atoms with Crippen molar-refractivity contribution in [1.82, 2.24) is 14.6 Å². The molecule has 2 bridgehead atoms. The molecule has 0 spiro atoms. The zero-order valence-electron chi connectivity index (χ0n) is 17.0. The van der Waals surface area contributed by atoms with Crippen LogP contribution in [-0.2, 0) is 16.6 Å². The average molecular weight is 450 g/mol. The number of thiazole rings is 1. The lowest BCUT2D eigenvalue weighted by molar-refractivity contribution is 0.132. The monoisotopic (exact) mass is 449 g/mol. The van der Waals surface area contributed by atoms with Gasteiger partial charge in [0.2, 0.25) is 10.0 Å². The van der Waals surface area contributed by atoms with Crippen molar-refractivity contribution in [3.05, 3.63) is 34.3 Å². The first-order valence-corrected chi connectivity index (χ1v) is 12.9. The highest BCUT2D eigenvalue weighted by atomic mass is 32.2. The largest absolute Gasteiger partial charge is 0.490 e. The van der Waals surface area contributed by atoms with E-state index in [9.17, 15) is 8.42 Å². The van der Waals surface area contributed by atoms with Crippen LogP contribution >= 0.6 is 11.3 Å². The summed E-state index contributed by atoms with van der Waals surface area (Å²) in [4.78, 5) is 7.25. The fourth-order valence-electron chi connectivity index (χ4n) is 4.91. The van der Waals surface area contributed by atoms with Gasteiger partial charge in [0.05, 0.1) is 28.8 Å². The third kappa shape index (κ3) is 4.08. The van der Waals surface area contributed by atoms with Crippen molar-refractivity contribution in [2.45, 2.75) is 43.7 Å². The molecule has 1 saturated heterocycles. The molecule has 3 heterocycles. The lowest BCUT2D eigenvalue weighted by atomic mass is 9.93. The minimum Gasteiger partial charge on any atom is -0.490 e. The smallest absolute Gasteiger partial charge is 0.240 e. The number of benzene rings is 1. The van der Waals surface area contributed by atoms with E-state index >= 15 is 0 Å². The molecule has 3 aliphatic rings. The third-order valence-electron chi connectivity index (χ3n) is 6.28. The van der Waals surface area contributed by atoms with E-state index < -0.39 is 10.0 Å². The van der Waals surface area contributed by atoms with Gasteiger partial charge < -0.3 is 9.47 Å².